The lowest BCUT2D eigenvalue weighted by molar-refractivity contribution is 0.454. The van der Waals surface area contributed by atoms with Gasteiger partial charge in [0.25, 0.3) is 0 Å². The van der Waals surface area contributed by atoms with Crippen molar-refractivity contribution < 1.29 is 4.39 Å². The van der Waals surface area contributed by atoms with Gasteiger partial charge in [0.2, 0.25) is 0 Å². The molecule has 0 amide bonds. The van der Waals surface area contributed by atoms with Gasteiger partial charge in [-0.15, -0.1) is 0 Å². The lowest BCUT2D eigenvalue weighted by Crippen LogP contribution is -2.28. The molecule has 1 N–H and O–H groups in total. The molecule has 0 aliphatic carbocycles. The zero-order valence-corrected chi connectivity index (χ0v) is 11.5. The maximum Gasteiger partial charge on any atom is 0.123 e. The Hall–Kier alpha value is -1.74. The Labute approximate surface area is 119 Å². The monoisotopic (exact) mass is 270 g/mol. The van der Waals surface area contributed by atoms with E-state index in [0.29, 0.717) is 12.3 Å². The standard InChI is InChI=1S/C17H19FN2/c18-15-6-1-4-13(10-15)11-16-7-2-8-17(20-16)14-5-3-9-19-12-14/h1-2,4,6-8,10,14,19H,3,5,9,11-12H2. The molecule has 2 aromatic rings. The number of piperidine rings is 1. The molecule has 0 bridgehead atoms. The van der Waals surface area contributed by atoms with Gasteiger partial charge in [-0.05, 0) is 49.2 Å². The van der Waals surface area contributed by atoms with Gasteiger partial charge in [0, 0.05) is 30.3 Å². The van der Waals surface area contributed by atoms with E-state index in [1.807, 2.05) is 12.1 Å². The van der Waals surface area contributed by atoms with Crippen LogP contribution in [0.25, 0.3) is 0 Å². The van der Waals surface area contributed by atoms with E-state index in [4.69, 9.17) is 4.98 Å². The van der Waals surface area contributed by atoms with E-state index in [1.54, 1.807) is 12.1 Å². The van der Waals surface area contributed by atoms with Crippen molar-refractivity contribution in [3.63, 3.8) is 0 Å². The summed E-state index contributed by atoms with van der Waals surface area (Å²) in [5, 5.41) is 3.42. The Morgan fingerprint density at radius 3 is 2.90 bits per heavy atom. The Kier molecular flexibility index (Phi) is 4.07. The second kappa shape index (κ2) is 6.14. The quantitative estimate of drug-likeness (QED) is 0.926. The molecule has 3 rings (SSSR count). The van der Waals surface area contributed by atoms with Crippen molar-refractivity contribution in [2.45, 2.75) is 25.2 Å². The van der Waals surface area contributed by atoms with Crippen LogP contribution < -0.4 is 5.32 Å². The number of hydrogen-bond acceptors (Lipinski definition) is 2. The van der Waals surface area contributed by atoms with Gasteiger partial charge < -0.3 is 5.32 Å². The number of aromatic nitrogens is 1. The van der Waals surface area contributed by atoms with Gasteiger partial charge in [-0.25, -0.2) is 4.39 Å². The normalized spacial score (nSPS) is 18.9. The third-order valence-corrected chi connectivity index (χ3v) is 3.82. The van der Waals surface area contributed by atoms with Crippen molar-refractivity contribution in [2.75, 3.05) is 13.1 Å². The fourth-order valence-corrected chi connectivity index (χ4v) is 2.78. The third kappa shape index (κ3) is 3.23. The van der Waals surface area contributed by atoms with Crippen LogP contribution in [0.3, 0.4) is 0 Å². The summed E-state index contributed by atoms with van der Waals surface area (Å²) in [6, 6.07) is 12.9. The predicted molar refractivity (Wildman–Crippen MR) is 78.3 cm³/mol. The van der Waals surface area contributed by atoms with E-state index in [9.17, 15) is 4.39 Å². The lowest BCUT2D eigenvalue weighted by Gasteiger charge is -2.22. The van der Waals surface area contributed by atoms with Crippen molar-refractivity contribution in [1.29, 1.82) is 0 Å². The topological polar surface area (TPSA) is 24.9 Å². The van der Waals surface area contributed by atoms with Gasteiger partial charge in [-0.2, -0.15) is 0 Å². The minimum atomic E-state index is -0.185. The van der Waals surface area contributed by atoms with Crippen LogP contribution in [-0.4, -0.2) is 18.1 Å². The molecule has 2 heterocycles. The van der Waals surface area contributed by atoms with E-state index < -0.39 is 0 Å². The first-order valence-electron chi connectivity index (χ1n) is 7.22. The fraction of sp³-hybridized carbons (Fsp3) is 0.353. The Balaban J connectivity index is 1.77. The molecular weight excluding hydrogens is 251 g/mol. The highest BCUT2D eigenvalue weighted by atomic mass is 19.1. The molecule has 3 heteroatoms. The number of benzene rings is 1. The molecule has 0 radical (unpaired) electrons. The summed E-state index contributed by atoms with van der Waals surface area (Å²) in [6.07, 6.45) is 3.09. The third-order valence-electron chi connectivity index (χ3n) is 3.82. The van der Waals surface area contributed by atoms with Gasteiger partial charge in [0.1, 0.15) is 5.82 Å². The number of hydrogen-bond donors (Lipinski definition) is 1. The van der Waals surface area contributed by atoms with E-state index in [0.717, 1.165) is 30.0 Å². The second-order valence-electron chi connectivity index (χ2n) is 5.40. The zero-order valence-electron chi connectivity index (χ0n) is 11.5. The summed E-state index contributed by atoms with van der Waals surface area (Å²) >= 11 is 0. The molecule has 0 saturated carbocycles. The number of nitrogens with one attached hydrogen (secondary N) is 1. The largest absolute Gasteiger partial charge is 0.316 e. The summed E-state index contributed by atoms with van der Waals surface area (Å²) in [7, 11) is 0. The first-order valence-corrected chi connectivity index (χ1v) is 7.22. The predicted octanol–water partition coefficient (Wildman–Crippen LogP) is 3.28. The first-order chi connectivity index (χ1) is 9.81. The second-order valence-corrected chi connectivity index (χ2v) is 5.40. The van der Waals surface area contributed by atoms with E-state index in [1.165, 1.54) is 18.9 Å². The average Bonchev–Trinajstić information content (AvgIpc) is 2.48. The van der Waals surface area contributed by atoms with E-state index in [-0.39, 0.29) is 5.82 Å². The molecule has 1 fully saturated rings. The van der Waals surface area contributed by atoms with Crippen LogP contribution in [0.1, 0.15) is 35.7 Å². The summed E-state index contributed by atoms with van der Waals surface area (Å²) in [5.41, 5.74) is 3.14. The van der Waals surface area contributed by atoms with Crippen LogP contribution in [0, 0.1) is 5.82 Å². The van der Waals surface area contributed by atoms with Crippen LogP contribution >= 0.6 is 0 Å². The van der Waals surface area contributed by atoms with Crippen molar-refractivity contribution >= 4 is 0 Å². The van der Waals surface area contributed by atoms with Crippen molar-refractivity contribution in [1.82, 2.24) is 10.3 Å². The molecule has 1 atom stereocenters. The van der Waals surface area contributed by atoms with Gasteiger partial charge in [0.05, 0.1) is 0 Å². The smallest absolute Gasteiger partial charge is 0.123 e. The van der Waals surface area contributed by atoms with Crippen LogP contribution in [0.15, 0.2) is 42.5 Å². The zero-order chi connectivity index (χ0) is 13.8. The molecular formula is C17H19FN2. The van der Waals surface area contributed by atoms with E-state index in [2.05, 4.69) is 17.4 Å². The van der Waals surface area contributed by atoms with Crippen molar-refractivity contribution in [2.24, 2.45) is 0 Å². The maximum atomic E-state index is 13.2. The number of pyridine rings is 1. The molecule has 1 aromatic heterocycles. The molecule has 0 spiro atoms. The van der Waals surface area contributed by atoms with E-state index >= 15 is 0 Å². The van der Waals surface area contributed by atoms with Gasteiger partial charge >= 0.3 is 0 Å². The molecule has 104 valence electrons. The number of nitrogens with zero attached hydrogens (tertiary/aromatic N) is 1. The molecule has 1 saturated heterocycles. The number of halogens is 1. The van der Waals surface area contributed by atoms with Gasteiger partial charge in [-0.3, -0.25) is 4.98 Å². The van der Waals surface area contributed by atoms with Gasteiger partial charge in [0.15, 0.2) is 0 Å². The summed E-state index contributed by atoms with van der Waals surface area (Å²) < 4.78 is 13.2. The fourth-order valence-electron chi connectivity index (χ4n) is 2.78. The average molecular weight is 270 g/mol. The molecule has 20 heavy (non-hydrogen) atoms. The summed E-state index contributed by atoms with van der Waals surface area (Å²) in [5.74, 6) is 0.325. The summed E-state index contributed by atoms with van der Waals surface area (Å²) in [4.78, 5) is 4.76. The molecule has 2 nitrogen and oxygen atoms in total. The highest BCUT2D eigenvalue weighted by molar-refractivity contribution is 5.24. The maximum absolute atomic E-state index is 13.2. The SMILES string of the molecule is Fc1cccc(Cc2cccc(C3CCCNC3)n2)c1. The highest BCUT2D eigenvalue weighted by Crippen LogP contribution is 2.22. The Bertz CT molecular complexity index is 577. The van der Waals surface area contributed by atoms with Crippen LogP contribution in [0.4, 0.5) is 4.39 Å². The van der Waals surface area contributed by atoms with Crippen molar-refractivity contribution in [3.8, 4) is 0 Å². The molecule has 1 aliphatic heterocycles. The van der Waals surface area contributed by atoms with Gasteiger partial charge in [-0.1, -0.05) is 18.2 Å². The van der Waals surface area contributed by atoms with Crippen LogP contribution in [0.5, 0.6) is 0 Å². The highest BCUT2D eigenvalue weighted by Gasteiger charge is 2.16. The first kappa shape index (κ1) is 13.3. The Morgan fingerprint density at radius 1 is 1.20 bits per heavy atom. The Morgan fingerprint density at radius 2 is 2.10 bits per heavy atom. The van der Waals surface area contributed by atoms with Crippen LogP contribution in [-0.2, 0) is 6.42 Å². The lowest BCUT2D eigenvalue weighted by atomic mass is 9.95. The minimum Gasteiger partial charge on any atom is -0.316 e. The molecule has 1 aliphatic rings. The molecule has 1 aromatic carbocycles. The minimum absolute atomic E-state index is 0.185. The summed E-state index contributed by atoms with van der Waals surface area (Å²) in [6.45, 7) is 2.12. The van der Waals surface area contributed by atoms with Crippen molar-refractivity contribution in [3.05, 3.63) is 65.2 Å². The molecule has 1 unspecified atom stereocenters. The number of rotatable bonds is 3. The van der Waals surface area contributed by atoms with Crippen LogP contribution in [0.2, 0.25) is 0 Å².